The fourth-order valence-corrected chi connectivity index (χ4v) is 6.17. The minimum atomic E-state index is -0.117. The van der Waals surface area contributed by atoms with Gasteiger partial charge in [-0.05, 0) is 74.3 Å². The Balaban J connectivity index is 1.14. The van der Waals surface area contributed by atoms with E-state index in [1.807, 2.05) is 24.3 Å². The highest BCUT2D eigenvalue weighted by molar-refractivity contribution is 5.78. The zero-order chi connectivity index (χ0) is 20.3. The van der Waals surface area contributed by atoms with E-state index in [1.165, 1.54) is 19.3 Å². The van der Waals surface area contributed by atoms with Crippen molar-refractivity contribution in [1.82, 2.24) is 16.0 Å². The first-order valence-electron chi connectivity index (χ1n) is 11.0. The van der Waals surface area contributed by atoms with E-state index in [0.29, 0.717) is 19.5 Å². The largest absolute Gasteiger partial charge is 0.496 e. The van der Waals surface area contributed by atoms with Crippen molar-refractivity contribution in [2.24, 2.45) is 17.8 Å². The molecule has 4 fully saturated rings. The van der Waals surface area contributed by atoms with Gasteiger partial charge in [-0.1, -0.05) is 18.2 Å². The van der Waals surface area contributed by atoms with E-state index in [1.54, 1.807) is 7.11 Å². The lowest BCUT2D eigenvalue weighted by molar-refractivity contribution is -0.120. The fraction of sp³-hybridized carbons (Fsp3) is 0.652. The van der Waals surface area contributed by atoms with Gasteiger partial charge < -0.3 is 20.7 Å². The Morgan fingerprint density at radius 2 is 1.66 bits per heavy atom. The molecule has 3 amide bonds. The quantitative estimate of drug-likeness (QED) is 0.629. The van der Waals surface area contributed by atoms with Gasteiger partial charge in [0.15, 0.2) is 0 Å². The molecule has 6 nitrogen and oxygen atoms in total. The summed E-state index contributed by atoms with van der Waals surface area (Å²) in [4.78, 5) is 24.5. The van der Waals surface area contributed by atoms with Crippen molar-refractivity contribution >= 4 is 11.9 Å². The molecule has 3 N–H and O–H groups in total. The van der Waals surface area contributed by atoms with Crippen LogP contribution in [0.1, 0.15) is 50.5 Å². The molecule has 0 radical (unpaired) electrons. The topological polar surface area (TPSA) is 79.5 Å². The zero-order valence-electron chi connectivity index (χ0n) is 17.3. The molecule has 4 aliphatic carbocycles. The van der Waals surface area contributed by atoms with E-state index in [-0.39, 0.29) is 17.5 Å². The Labute approximate surface area is 173 Å². The molecule has 0 heterocycles. The summed E-state index contributed by atoms with van der Waals surface area (Å²) in [6, 6.07) is 7.70. The number of benzene rings is 1. The van der Waals surface area contributed by atoms with Crippen LogP contribution >= 0.6 is 0 Å². The van der Waals surface area contributed by atoms with Gasteiger partial charge in [-0.3, -0.25) is 4.79 Å². The summed E-state index contributed by atoms with van der Waals surface area (Å²) in [6.45, 7) is 0.914. The number of hydrogen-bond acceptors (Lipinski definition) is 3. The number of methoxy groups -OCH3 is 1. The van der Waals surface area contributed by atoms with Crippen LogP contribution in [0.3, 0.4) is 0 Å². The predicted octanol–water partition coefficient (Wildman–Crippen LogP) is 3.01. The van der Waals surface area contributed by atoms with Crippen LogP contribution in [0.5, 0.6) is 5.75 Å². The number of nitrogens with one attached hydrogen (secondary N) is 3. The van der Waals surface area contributed by atoms with E-state index in [0.717, 1.165) is 54.7 Å². The van der Waals surface area contributed by atoms with Gasteiger partial charge >= 0.3 is 6.03 Å². The number of para-hydroxylation sites is 1. The molecular weight excluding hydrogens is 366 g/mol. The summed E-state index contributed by atoms with van der Waals surface area (Å²) in [5.41, 5.74) is 1.08. The van der Waals surface area contributed by atoms with Gasteiger partial charge in [0, 0.05) is 25.0 Å². The molecule has 4 bridgehead atoms. The molecule has 6 heteroatoms. The normalized spacial score (nSPS) is 29.3. The molecule has 0 unspecified atom stereocenters. The van der Waals surface area contributed by atoms with Crippen molar-refractivity contribution in [2.75, 3.05) is 20.2 Å². The van der Waals surface area contributed by atoms with Gasteiger partial charge in [-0.25, -0.2) is 4.79 Å². The smallest absolute Gasteiger partial charge is 0.315 e. The third-order valence-electron chi connectivity index (χ3n) is 6.96. The summed E-state index contributed by atoms with van der Waals surface area (Å²) >= 11 is 0. The number of hydrogen-bond donors (Lipinski definition) is 3. The summed E-state index contributed by atoms with van der Waals surface area (Å²) < 4.78 is 5.33. The Morgan fingerprint density at radius 1 is 1.00 bits per heavy atom. The van der Waals surface area contributed by atoms with Crippen molar-refractivity contribution < 1.29 is 14.3 Å². The molecule has 4 saturated carbocycles. The summed E-state index contributed by atoms with van der Waals surface area (Å²) in [6.07, 6.45) is 8.49. The second-order valence-electron chi connectivity index (χ2n) is 9.24. The van der Waals surface area contributed by atoms with Crippen LogP contribution < -0.4 is 20.7 Å². The summed E-state index contributed by atoms with van der Waals surface area (Å²) in [5, 5.41) is 9.08. The van der Waals surface area contributed by atoms with Gasteiger partial charge in [0.2, 0.25) is 5.91 Å². The Kier molecular flexibility index (Phi) is 5.97. The van der Waals surface area contributed by atoms with E-state index < -0.39 is 0 Å². The van der Waals surface area contributed by atoms with E-state index >= 15 is 0 Å². The third-order valence-corrected chi connectivity index (χ3v) is 6.96. The SMILES string of the molecule is COc1ccccc1CCNC(=O)CCNC(=O)NC12CC3CC(CC(C3)C1)C2. The molecular formula is C23H33N3O3. The molecule has 5 rings (SSSR count). The maximum absolute atomic E-state index is 12.4. The van der Waals surface area contributed by atoms with Crippen molar-refractivity contribution in [3.05, 3.63) is 29.8 Å². The first kappa shape index (κ1) is 20.0. The molecule has 4 aliphatic rings. The number of carbonyl (C=O) groups excluding carboxylic acids is 2. The molecule has 0 aromatic heterocycles. The highest BCUT2D eigenvalue weighted by atomic mass is 16.5. The van der Waals surface area contributed by atoms with Crippen LogP contribution in [0, 0.1) is 17.8 Å². The Morgan fingerprint density at radius 3 is 2.31 bits per heavy atom. The van der Waals surface area contributed by atoms with E-state index in [4.69, 9.17) is 4.74 Å². The number of amides is 3. The lowest BCUT2D eigenvalue weighted by Crippen LogP contribution is -2.61. The average molecular weight is 400 g/mol. The number of carbonyl (C=O) groups is 2. The first-order valence-corrected chi connectivity index (χ1v) is 11.0. The van der Waals surface area contributed by atoms with Gasteiger partial charge in [0.1, 0.15) is 5.75 Å². The highest BCUT2D eigenvalue weighted by Gasteiger charge is 2.51. The molecule has 0 atom stereocenters. The molecule has 1 aromatic rings. The molecule has 0 saturated heterocycles. The second kappa shape index (κ2) is 8.64. The number of urea groups is 1. The lowest BCUT2D eigenvalue weighted by Gasteiger charge is -2.56. The van der Waals surface area contributed by atoms with Gasteiger partial charge in [-0.15, -0.1) is 0 Å². The standard InChI is InChI=1S/C23H33N3O3/c1-29-20-5-3-2-4-19(20)6-8-24-21(27)7-9-25-22(28)26-23-13-16-10-17(14-23)12-18(11-16)15-23/h2-5,16-18H,6-15H2,1H3,(H,24,27)(H2,25,26,28). The third kappa shape index (κ3) is 4.85. The van der Waals surface area contributed by atoms with Crippen molar-refractivity contribution in [3.8, 4) is 5.75 Å². The minimum Gasteiger partial charge on any atom is -0.496 e. The predicted molar refractivity (Wildman–Crippen MR) is 112 cm³/mol. The summed E-state index contributed by atoms with van der Waals surface area (Å²) in [7, 11) is 1.65. The fourth-order valence-electron chi connectivity index (χ4n) is 6.17. The molecule has 0 spiro atoms. The minimum absolute atomic E-state index is 0.00975. The molecule has 158 valence electrons. The average Bonchev–Trinajstić information content (AvgIpc) is 2.67. The molecule has 1 aromatic carbocycles. The van der Waals surface area contributed by atoms with Crippen LogP contribution in [0.15, 0.2) is 24.3 Å². The number of rotatable bonds is 8. The molecule has 0 aliphatic heterocycles. The zero-order valence-corrected chi connectivity index (χ0v) is 17.3. The van der Waals surface area contributed by atoms with Crippen LogP contribution in [-0.2, 0) is 11.2 Å². The van der Waals surface area contributed by atoms with Crippen molar-refractivity contribution in [2.45, 2.75) is 56.9 Å². The van der Waals surface area contributed by atoms with E-state index in [2.05, 4.69) is 16.0 Å². The second-order valence-corrected chi connectivity index (χ2v) is 9.24. The van der Waals surface area contributed by atoms with Crippen molar-refractivity contribution in [3.63, 3.8) is 0 Å². The monoisotopic (exact) mass is 399 g/mol. The van der Waals surface area contributed by atoms with Crippen LogP contribution in [0.25, 0.3) is 0 Å². The van der Waals surface area contributed by atoms with Crippen LogP contribution in [0.4, 0.5) is 4.79 Å². The Hall–Kier alpha value is -2.24. The summed E-state index contributed by atoms with van der Waals surface area (Å²) in [5.74, 6) is 3.20. The van der Waals surface area contributed by atoms with Crippen LogP contribution in [-0.4, -0.2) is 37.7 Å². The van der Waals surface area contributed by atoms with Gasteiger partial charge in [0.25, 0.3) is 0 Å². The maximum atomic E-state index is 12.4. The maximum Gasteiger partial charge on any atom is 0.315 e. The lowest BCUT2D eigenvalue weighted by atomic mass is 9.53. The highest BCUT2D eigenvalue weighted by Crippen LogP contribution is 2.55. The Bertz CT molecular complexity index is 713. The van der Waals surface area contributed by atoms with Gasteiger partial charge in [0.05, 0.1) is 7.11 Å². The molecule has 29 heavy (non-hydrogen) atoms. The first-order chi connectivity index (χ1) is 14.0. The van der Waals surface area contributed by atoms with Crippen molar-refractivity contribution in [1.29, 1.82) is 0 Å². The van der Waals surface area contributed by atoms with Crippen LogP contribution in [0.2, 0.25) is 0 Å². The van der Waals surface area contributed by atoms with Gasteiger partial charge in [-0.2, -0.15) is 0 Å². The van der Waals surface area contributed by atoms with E-state index in [9.17, 15) is 9.59 Å². The number of ether oxygens (including phenoxy) is 1.